The number of alkyl halides is 2. The Balaban J connectivity index is 3.20. The van der Waals surface area contributed by atoms with Crippen LogP contribution in [0.1, 0.15) is 17.6 Å². The van der Waals surface area contributed by atoms with Crippen LogP contribution in [0.5, 0.6) is 5.88 Å². The molecule has 1 aromatic rings. The Bertz CT molecular complexity index is 317. The number of halogens is 3. The summed E-state index contributed by atoms with van der Waals surface area (Å²) in [7, 11) is 1.41. The van der Waals surface area contributed by atoms with E-state index in [0.29, 0.717) is 5.56 Å². The monoisotopic (exact) mass is 207 g/mol. The highest BCUT2D eigenvalue weighted by Crippen LogP contribution is 2.29. The van der Waals surface area contributed by atoms with Gasteiger partial charge in [-0.2, -0.15) is 0 Å². The quantitative estimate of drug-likeness (QED) is 0.696. The van der Waals surface area contributed by atoms with Gasteiger partial charge in [0.15, 0.2) is 0 Å². The summed E-state index contributed by atoms with van der Waals surface area (Å²) < 4.78 is 29.4. The number of aryl methyl sites for hydroxylation is 1. The standard InChI is InChI=1S/C8H8ClF2NO/c1-4-3-5(7(10)11)6(9)12-8(4)13-2/h3,7H,1-2H3. The van der Waals surface area contributed by atoms with Crippen molar-refractivity contribution in [3.8, 4) is 5.88 Å². The van der Waals surface area contributed by atoms with Crippen molar-refractivity contribution >= 4 is 11.6 Å². The first-order chi connectivity index (χ1) is 6.06. The Morgan fingerprint density at radius 1 is 1.54 bits per heavy atom. The first kappa shape index (κ1) is 10.2. The van der Waals surface area contributed by atoms with E-state index in [0.717, 1.165) is 0 Å². The zero-order chi connectivity index (χ0) is 10.0. The molecule has 0 saturated heterocycles. The van der Waals surface area contributed by atoms with Gasteiger partial charge in [0.05, 0.1) is 12.7 Å². The first-order valence-corrected chi connectivity index (χ1v) is 3.93. The van der Waals surface area contributed by atoms with Crippen molar-refractivity contribution in [3.63, 3.8) is 0 Å². The molecule has 0 N–H and O–H groups in total. The van der Waals surface area contributed by atoms with Gasteiger partial charge < -0.3 is 4.74 Å². The highest BCUT2D eigenvalue weighted by atomic mass is 35.5. The summed E-state index contributed by atoms with van der Waals surface area (Å²) in [4.78, 5) is 3.68. The maximum Gasteiger partial charge on any atom is 0.266 e. The molecule has 0 amide bonds. The molecule has 0 bridgehead atoms. The normalized spacial score (nSPS) is 10.6. The molecule has 0 unspecified atom stereocenters. The van der Waals surface area contributed by atoms with E-state index in [-0.39, 0.29) is 16.6 Å². The summed E-state index contributed by atoms with van der Waals surface area (Å²) in [5.74, 6) is 0.273. The minimum Gasteiger partial charge on any atom is -0.481 e. The predicted octanol–water partition coefficient (Wildman–Crippen LogP) is 2.99. The Kier molecular flexibility index (Phi) is 3.03. The number of hydrogen-bond acceptors (Lipinski definition) is 2. The van der Waals surface area contributed by atoms with Crippen molar-refractivity contribution in [1.29, 1.82) is 0 Å². The van der Waals surface area contributed by atoms with Crippen LogP contribution in [0.25, 0.3) is 0 Å². The molecule has 0 aromatic carbocycles. The molecule has 0 aliphatic rings. The third-order valence-electron chi connectivity index (χ3n) is 1.58. The van der Waals surface area contributed by atoms with Crippen LogP contribution in [0.3, 0.4) is 0 Å². The largest absolute Gasteiger partial charge is 0.481 e. The molecule has 0 aliphatic heterocycles. The topological polar surface area (TPSA) is 22.1 Å². The predicted molar refractivity (Wildman–Crippen MR) is 45.5 cm³/mol. The van der Waals surface area contributed by atoms with Gasteiger partial charge in [0.1, 0.15) is 5.15 Å². The summed E-state index contributed by atoms with van der Waals surface area (Å²) in [5, 5.41) is -0.211. The van der Waals surface area contributed by atoms with Gasteiger partial charge >= 0.3 is 0 Å². The highest BCUT2D eigenvalue weighted by molar-refractivity contribution is 6.30. The van der Waals surface area contributed by atoms with Crippen LogP contribution in [-0.2, 0) is 0 Å². The fraction of sp³-hybridized carbons (Fsp3) is 0.375. The first-order valence-electron chi connectivity index (χ1n) is 3.55. The van der Waals surface area contributed by atoms with Crippen molar-refractivity contribution < 1.29 is 13.5 Å². The van der Waals surface area contributed by atoms with Crippen molar-refractivity contribution in [3.05, 3.63) is 22.3 Å². The fourth-order valence-corrected chi connectivity index (χ4v) is 1.17. The number of methoxy groups -OCH3 is 1. The van der Waals surface area contributed by atoms with Crippen LogP contribution in [0, 0.1) is 6.92 Å². The number of aromatic nitrogens is 1. The van der Waals surface area contributed by atoms with Crippen LogP contribution in [-0.4, -0.2) is 12.1 Å². The maximum absolute atomic E-state index is 12.3. The summed E-state index contributed by atoms with van der Waals surface area (Å²) in [5.41, 5.74) is 0.280. The second kappa shape index (κ2) is 3.87. The smallest absolute Gasteiger partial charge is 0.266 e. The van der Waals surface area contributed by atoms with Gasteiger partial charge in [0, 0.05) is 5.56 Å². The summed E-state index contributed by atoms with van der Waals surface area (Å²) in [6.07, 6.45) is -2.61. The fourth-order valence-electron chi connectivity index (χ4n) is 0.956. The number of ether oxygens (including phenoxy) is 1. The number of rotatable bonds is 2. The molecule has 72 valence electrons. The van der Waals surface area contributed by atoms with E-state index < -0.39 is 6.43 Å². The molecule has 0 atom stereocenters. The lowest BCUT2D eigenvalue weighted by molar-refractivity contribution is 0.151. The van der Waals surface area contributed by atoms with Crippen LogP contribution >= 0.6 is 11.6 Å². The summed E-state index contributed by atoms with van der Waals surface area (Å²) >= 11 is 5.50. The highest BCUT2D eigenvalue weighted by Gasteiger charge is 2.15. The molecule has 13 heavy (non-hydrogen) atoms. The number of hydrogen-bond donors (Lipinski definition) is 0. The van der Waals surface area contributed by atoms with Crippen molar-refractivity contribution in [2.45, 2.75) is 13.3 Å². The molecule has 0 spiro atoms. The van der Waals surface area contributed by atoms with Gasteiger partial charge in [0.2, 0.25) is 5.88 Å². The molecule has 0 saturated carbocycles. The van der Waals surface area contributed by atoms with Crippen LogP contribution in [0.4, 0.5) is 8.78 Å². The molecule has 0 radical (unpaired) electrons. The van der Waals surface area contributed by atoms with Crippen LogP contribution in [0.2, 0.25) is 5.15 Å². The average Bonchev–Trinajstić information content (AvgIpc) is 2.07. The summed E-state index contributed by atoms with van der Waals surface area (Å²) in [6, 6.07) is 1.28. The minimum atomic E-state index is -2.61. The second-order valence-electron chi connectivity index (χ2n) is 2.50. The minimum absolute atomic E-state index is 0.211. The third-order valence-corrected chi connectivity index (χ3v) is 1.88. The average molecular weight is 208 g/mol. The lowest BCUT2D eigenvalue weighted by Gasteiger charge is -2.07. The lowest BCUT2D eigenvalue weighted by Crippen LogP contribution is -1.96. The van der Waals surface area contributed by atoms with Gasteiger partial charge in [-0.05, 0) is 13.0 Å². The number of pyridine rings is 1. The molecule has 0 aliphatic carbocycles. The van der Waals surface area contributed by atoms with Crippen LogP contribution in [0.15, 0.2) is 6.07 Å². The van der Waals surface area contributed by atoms with Crippen LogP contribution < -0.4 is 4.74 Å². The zero-order valence-electron chi connectivity index (χ0n) is 7.14. The number of nitrogens with zero attached hydrogens (tertiary/aromatic N) is 1. The SMILES string of the molecule is COc1nc(Cl)c(C(F)F)cc1C. The molecule has 1 heterocycles. The Hall–Kier alpha value is -0.900. The van der Waals surface area contributed by atoms with Gasteiger partial charge in [0.25, 0.3) is 6.43 Å². The second-order valence-corrected chi connectivity index (χ2v) is 2.85. The molecule has 0 fully saturated rings. The Labute approximate surface area is 79.5 Å². The Morgan fingerprint density at radius 2 is 2.15 bits per heavy atom. The van der Waals surface area contributed by atoms with Gasteiger partial charge in [-0.25, -0.2) is 13.8 Å². The van der Waals surface area contributed by atoms with E-state index in [9.17, 15) is 8.78 Å². The molecular formula is C8H8ClF2NO. The van der Waals surface area contributed by atoms with Gasteiger partial charge in [-0.1, -0.05) is 11.6 Å². The maximum atomic E-state index is 12.3. The third kappa shape index (κ3) is 2.06. The van der Waals surface area contributed by atoms with Crippen molar-refractivity contribution in [1.82, 2.24) is 4.98 Å². The van der Waals surface area contributed by atoms with Gasteiger partial charge in [-0.15, -0.1) is 0 Å². The van der Waals surface area contributed by atoms with Gasteiger partial charge in [-0.3, -0.25) is 0 Å². The van der Waals surface area contributed by atoms with E-state index in [1.54, 1.807) is 6.92 Å². The van der Waals surface area contributed by atoms with E-state index in [1.165, 1.54) is 13.2 Å². The molecule has 1 rings (SSSR count). The molecule has 2 nitrogen and oxygen atoms in total. The summed E-state index contributed by atoms with van der Waals surface area (Å²) in [6.45, 7) is 1.63. The van der Waals surface area contributed by atoms with Crippen molar-refractivity contribution in [2.24, 2.45) is 0 Å². The van der Waals surface area contributed by atoms with E-state index in [2.05, 4.69) is 4.98 Å². The van der Waals surface area contributed by atoms with E-state index in [4.69, 9.17) is 16.3 Å². The van der Waals surface area contributed by atoms with Crippen molar-refractivity contribution in [2.75, 3.05) is 7.11 Å². The zero-order valence-corrected chi connectivity index (χ0v) is 7.90. The molecule has 5 heteroatoms. The lowest BCUT2D eigenvalue weighted by atomic mass is 10.2. The van der Waals surface area contributed by atoms with E-state index >= 15 is 0 Å². The molecule has 1 aromatic heterocycles. The Morgan fingerprint density at radius 3 is 2.62 bits per heavy atom. The van der Waals surface area contributed by atoms with E-state index in [1.807, 2.05) is 0 Å². The molecular weight excluding hydrogens is 200 g/mol.